The van der Waals surface area contributed by atoms with Crippen LogP contribution in [-0.2, 0) is 5.75 Å². The van der Waals surface area contributed by atoms with Crippen LogP contribution in [0.3, 0.4) is 0 Å². The third-order valence-corrected chi connectivity index (χ3v) is 4.84. The summed E-state index contributed by atoms with van der Waals surface area (Å²) in [6.07, 6.45) is 3.71. The molecule has 0 radical (unpaired) electrons. The number of para-hydroxylation sites is 1. The molecule has 25 heavy (non-hydrogen) atoms. The maximum Gasteiger partial charge on any atom is 0.259 e. The van der Waals surface area contributed by atoms with Crippen LogP contribution in [0.2, 0.25) is 5.02 Å². The molecule has 0 aliphatic heterocycles. The van der Waals surface area contributed by atoms with Crippen molar-refractivity contribution >= 4 is 23.4 Å². The SMILES string of the molecule is Clc1ccccc1-c1nc(CSc2nccn2-c2ccccc2)no1. The van der Waals surface area contributed by atoms with Gasteiger partial charge in [0.25, 0.3) is 5.89 Å². The fraction of sp³-hybridized carbons (Fsp3) is 0.0556. The Kier molecular flexibility index (Phi) is 4.54. The lowest BCUT2D eigenvalue weighted by molar-refractivity contribution is 0.425. The van der Waals surface area contributed by atoms with E-state index in [9.17, 15) is 0 Å². The summed E-state index contributed by atoms with van der Waals surface area (Å²) in [7, 11) is 0. The van der Waals surface area contributed by atoms with E-state index in [0.717, 1.165) is 16.4 Å². The maximum absolute atomic E-state index is 6.17. The summed E-state index contributed by atoms with van der Waals surface area (Å²) in [6, 6.07) is 17.5. The van der Waals surface area contributed by atoms with E-state index in [0.29, 0.717) is 22.5 Å². The molecule has 0 bridgehead atoms. The van der Waals surface area contributed by atoms with Gasteiger partial charge in [0.1, 0.15) is 0 Å². The molecule has 0 amide bonds. The zero-order valence-electron chi connectivity index (χ0n) is 13.0. The van der Waals surface area contributed by atoms with Gasteiger partial charge in [0.05, 0.1) is 16.3 Å². The summed E-state index contributed by atoms with van der Waals surface area (Å²) in [5.74, 6) is 1.58. The minimum atomic E-state index is 0.424. The van der Waals surface area contributed by atoms with Gasteiger partial charge < -0.3 is 4.52 Å². The number of benzene rings is 2. The number of nitrogens with zero attached hydrogens (tertiary/aromatic N) is 4. The summed E-state index contributed by atoms with van der Waals surface area (Å²) in [4.78, 5) is 8.83. The van der Waals surface area contributed by atoms with Crippen molar-refractivity contribution < 1.29 is 4.52 Å². The van der Waals surface area contributed by atoms with Crippen molar-refractivity contribution in [2.24, 2.45) is 0 Å². The zero-order chi connectivity index (χ0) is 17.1. The first-order valence-electron chi connectivity index (χ1n) is 7.60. The van der Waals surface area contributed by atoms with Crippen LogP contribution in [0.15, 0.2) is 76.7 Å². The lowest BCUT2D eigenvalue weighted by atomic mass is 10.2. The van der Waals surface area contributed by atoms with Gasteiger partial charge in [0.2, 0.25) is 0 Å². The molecule has 0 N–H and O–H groups in total. The highest BCUT2D eigenvalue weighted by molar-refractivity contribution is 7.98. The lowest BCUT2D eigenvalue weighted by Crippen LogP contribution is -1.95. The molecule has 2 heterocycles. The monoisotopic (exact) mass is 368 g/mol. The first-order chi connectivity index (χ1) is 12.3. The topological polar surface area (TPSA) is 56.7 Å². The minimum absolute atomic E-state index is 0.424. The standard InChI is InChI=1S/C18H13ClN4OS/c19-15-9-5-4-8-14(15)17-21-16(22-24-17)12-25-18-20-10-11-23(18)13-6-2-1-3-7-13/h1-11H,12H2. The average molecular weight is 369 g/mol. The number of hydrogen-bond donors (Lipinski definition) is 0. The first kappa shape index (κ1) is 15.9. The van der Waals surface area contributed by atoms with Gasteiger partial charge in [-0.3, -0.25) is 4.57 Å². The van der Waals surface area contributed by atoms with E-state index in [1.807, 2.05) is 59.3 Å². The van der Waals surface area contributed by atoms with Crippen molar-refractivity contribution in [2.45, 2.75) is 10.9 Å². The molecule has 2 aromatic carbocycles. The quantitative estimate of drug-likeness (QED) is 0.470. The van der Waals surface area contributed by atoms with E-state index in [-0.39, 0.29) is 0 Å². The van der Waals surface area contributed by atoms with Gasteiger partial charge in [0, 0.05) is 18.1 Å². The van der Waals surface area contributed by atoms with Crippen LogP contribution in [0.25, 0.3) is 17.1 Å². The predicted molar refractivity (Wildman–Crippen MR) is 97.9 cm³/mol. The fourth-order valence-electron chi connectivity index (χ4n) is 2.37. The molecule has 0 atom stereocenters. The first-order valence-corrected chi connectivity index (χ1v) is 8.97. The highest BCUT2D eigenvalue weighted by Gasteiger charge is 2.13. The van der Waals surface area contributed by atoms with Gasteiger partial charge in [-0.15, -0.1) is 0 Å². The number of imidazole rings is 1. The molecule has 0 saturated carbocycles. The Bertz CT molecular complexity index is 983. The largest absolute Gasteiger partial charge is 0.334 e. The maximum atomic E-state index is 6.17. The molecule has 0 unspecified atom stereocenters. The number of hydrogen-bond acceptors (Lipinski definition) is 5. The van der Waals surface area contributed by atoms with E-state index in [2.05, 4.69) is 15.1 Å². The average Bonchev–Trinajstić information content (AvgIpc) is 3.30. The van der Waals surface area contributed by atoms with Gasteiger partial charge in [-0.2, -0.15) is 4.98 Å². The molecular formula is C18H13ClN4OS. The van der Waals surface area contributed by atoms with Crippen molar-refractivity contribution in [3.05, 3.63) is 77.8 Å². The van der Waals surface area contributed by atoms with Crippen LogP contribution >= 0.6 is 23.4 Å². The van der Waals surface area contributed by atoms with Crippen molar-refractivity contribution in [2.75, 3.05) is 0 Å². The highest BCUT2D eigenvalue weighted by Crippen LogP contribution is 2.28. The molecule has 7 heteroatoms. The van der Waals surface area contributed by atoms with E-state index in [1.54, 1.807) is 24.0 Å². The Hall–Kier alpha value is -2.57. The molecule has 0 saturated heterocycles. The van der Waals surface area contributed by atoms with Crippen molar-refractivity contribution in [1.82, 2.24) is 19.7 Å². The normalized spacial score (nSPS) is 10.9. The van der Waals surface area contributed by atoms with Gasteiger partial charge in [-0.25, -0.2) is 4.98 Å². The van der Waals surface area contributed by atoms with Crippen molar-refractivity contribution in [1.29, 1.82) is 0 Å². The molecule has 0 fully saturated rings. The number of aromatic nitrogens is 4. The molecule has 4 aromatic rings. The Labute approximate surface area is 153 Å². The summed E-state index contributed by atoms with van der Waals surface area (Å²) < 4.78 is 7.36. The van der Waals surface area contributed by atoms with E-state index in [1.165, 1.54) is 0 Å². The third-order valence-electron chi connectivity index (χ3n) is 3.54. The molecule has 4 rings (SSSR count). The predicted octanol–water partition coefficient (Wildman–Crippen LogP) is 4.87. The molecule has 124 valence electrons. The van der Waals surface area contributed by atoms with Gasteiger partial charge in [0.15, 0.2) is 11.0 Å². The Morgan fingerprint density at radius 1 is 1.04 bits per heavy atom. The van der Waals surface area contributed by atoms with Crippen LogP contribution in [0.4, 0.5) is 0 Å². The second kappa shape index (κ2) is 7.13. The summed E-state index contributed by atoms with van der Waals surface area (Å²) in [6.45, 7) is 0. The minimum Gasteiger partial charge on any atom is -0.334 e. The molecule has 5 nitrogen and oxygen atoms in total. The lowest BCUT2D eigenvalue weighted by Gasteiger charge is -2.05. The molecule has 0 aliphatic rings. The zero-order valence-corrected chi connectivity index (χ0v) is 14.6. The van der Waals surface area contributed by atoms with E-state index < -0.39 is 0 Å². The Morgan fingerprint density at radius 3 is 2.68 bits per heavy atom. The van der Waals surface area contributed by atoms with Crippen LogP contribution in [-0.4, -0.2) is 19.7 Å². The molecular weight excluding hydrogens is 356 g/mol. The molecule has 0 spiro atoms. The van der Waals surface area contributed by atoms with Crippen LogP contribution in [0, 0.1) is 0 Å². The second-order valence-electron chi connectivity index (χ2n) is 5.20. The number of thioether (sulfide) groups is 1. The molecule has 2 aromatic heterocycles. The van der Waals surface area contributed by atoms with Crippen LogP contribution in [0.5, 0.6) is 0 Å². The van der Waals surface area contributed by atoms with E-state index >= 15 is 0 Å². The van der Waals surface area contributed by atoms with E-state index in [4.69, 9.17) is 16.1 Å². The number of rotatable bonds is 5. The summed E-state index contributed by atoms with van der Waals surface area (Å²) in [5, 5.41) is 5.49. The van der Waals surface area contributed by atoms with Crippen molar-refractivity contribution in [3.63, 3.8) is 0 Å². The summed E-state index contributed by atoms with van der Waals surface area (Å²) in [5.41, 5.74) is 1.80. The third kappa shape index (κ3) is 3.45. The van der Waals surface area contributed by atoms with Crippen LogP contribution < -0.4 is 0 Å². The van der Waals surface area contributed by atoms with Gasteiger partial charge >= 0.3 is 0 Å². The second-order valence-corrected chi connectivity index (χ2v) is 6.55. The summed E-state index contributed by atoms with van der Waals surface area (Å²) >= 11 is 7.72. The van der Waals surface area contributed by atoms with Gasteiger partial charge in [-0.1, -0.05) is 58.9 Å². The Morgan fingerprint density at radius 2 is 1.84 bits per heavy atom. The Balaban J connectivity index is 1.50. The van der Waals surface area contributed by atoms with Crippen LogP contribution in [0.1, 0.15) is 5.82 Å². The smallest absolute Gasteiger partial charge is 0.259 e. The van der Waals surface area contributed by atoms with Gasteiger partial charge in [-0.05, 0) is 24.3 Å². The fourth-order valence-corrected chi connectivity index (χ4v) is 3.40. The number of halogens is 1. The molecule has 0 aliphatic carbocycles. The van der Waals surface area contributed by atoms with Crippen molar-refractivity contribution in [3.8, 4) is 17.1 Å². The highest BCUT2D eigenvalue weighted by atomic mass is 35.5.